The third-order valence-electron chi connectivity index (χ3n) is 10.1. The van der Waals surface area contributed by atoms with Gasteiger partial charge in [0.25, 0.3) is 0 Å². The van der Waals surface area contributed by atoms with Crippen molar-refractivity contribution in [2.24, 2.45) is 11.3 Å². The Balaban J connectivity index is 0.00000384. The van der Waals surface area contributed by atoms with E-state index >= 15 is 0 Å². The van der Waals surface area contributed by atoms with Gasteiger partial charge in [0.2, 0.25) is 11.8 Å². The van der Waals surface area contributed by atoms with Gasteiger partial charge in [0.05, 0.1) is 6.04 Å². The van der Waals surface area contributed by atoms with Gasteiger partial charge in [0.15, 0.2) is 0 Å². The van der Waals surface area contributed by atoms with E-state index in [1.165, 1.54) is 43.2 Å². The Kier molecular flexibility index (Phi) is 11.0. The Morgan fingerprint density at radius 3 is 2.45 bits per heavy atom. The first-order valence-electron chi connectivity index (χ1n) is 15.9. The minimum Gasteiger partial charge on any atom is -0.351 e. The zero-order valence-corrected chi connectivity index (χ0v) is 26.9. The number of benzene rings is 2. The molecule has 0 bridgehead atoms. The first-order valence-corrected chi connectivity index (χ1v) is 16.3. The molecule has 2 atom stereocenters. The van der Waals surface area contributed by atoms with Gasteiger partial charge in [-0.1, -0.05) is 67.3 Å². The van der Waals surface area contributed by atoms with Gasteiger partial charge < -0.3 is 15.5 Å². The second kappa shape index (κ2) is 14.9. The Morgan fingerprint density at radius 2 is 1.75 bits per heavy atom. The number of aromatic nitrogens is 3. The number of hydrogen-bond acceptors (Lipinski definition) is 5. The van der Waals surface area contributed by atoms with Gasteiger partial charge in [-0.3, -0.25) is 14.3 Å². The van der Waals surface area contributed by atoms with Gasteiger partial charge in [-0.15, -0.1) is 12.4 Å². The lowest BCUT2D eigenvalue weighted by Crippen LogP contribution is -2.53. The van der Waals surface area contributed by atoms with Crippen molar-refractivity contribution in [2.45, 2.75) is 89.4 Å². The Hall–Kier alpha value is -2.94. The number of piperidine rings is 1. The Morgan fingerprint density at radius 1 is 1.02 bits per heavy atom. The van der Waals surface area contributed by atoms with Crippen LogP contribution in [0, 0.1) is 11.3 Å². The van der Waals surface area contributed by atoms with Crippen molar-refractivity contribution in [3.8, 4) is 0 Å². The van der Waals surface area contributed by atoms with Crippen molar-refractivity contribution in [3.05, 3.63) is 82.9 Å². The summed E-state index contributed by atoms with van der Waals surface area (Å²) in [6.07, 6.45) is 13.3. The van der Waals surface area contributed by atoms with Crippen LogP contribution in [0.2, 0.25) is 5.02 Å². The van der Waals surface area contributed by atoms with Crippen LogP contribution in [0.1, 0.15) is 68.1 Å². The van der Waals surface area contributed by atoms with Crippen molar-refractivity contribution >= 4 is 35.8 Å². The molecule has 236 valence electrons. The Labute approximate surface area is 271 Å². The maximum atomic E-state index is 13.8. The molecule has 2 amide bonds. The van der Waals surface area contributed by atoms with Gasteiger partial charge in [-0.05, 0) is 78.7 Å². The van der Waals surface area contributed by atoms with Gasteiger partial charge in [-0.25, -0.2) is 4.98 Å². The molecule has 10 heteroatoms. The summed E-state index contributed by atoms with van der Waals surface area (Å²) in [5.41, 5.74) is 3.63. The number of nitrogens with one attached hydrogen (secondary N) is 2. The lowest BCUT2D eigenvalue weighted by Gasteiger charge is -2.48. The molecule has 6 rings (SSSR count). The molecule has 0 unspecified atom stereocenters. The number of fused-ring (bicyclic) bond motifs is 1. The van der Waals surface area contributed by atoms with E-state index < -0.39 is 0 Å². The topological polar surface area (TPSA) is 92.2 Å². The zero-order chi connectivity index (χ0) is 29.6. The van der Waals surface area contributed by atoms with Gasteiger partial charge in [0, 0.05) is 43.7 Å². The molecule has 2 aromatic carbocycles. The van der Waals surface area contributed by atoms with E-state index in [4.69, 9.17) is 11.6 Å². The fraction of sp³-hybridized carbons (Fsp3) is 0.529. The summed E-state index contributed by atoms with van der Waals surface area (Å²) in [5, 5.41) is 11.7. The smallest absolute Gasteiger partial charge is 0.237 e. The standard InChI is InChI=1S/C34H43ClN6O2.ClH/c35-29-12-10-25(11-13-29)18-30(39-33(43)31-19-26-6-4-5-7-27(26)21-37-31)20-32(42)40-16-14-34(15-17-40,22-41-24-36-23-38-41)28-8-2-1-3-9-28;/h4-7,10-13,23-24,28,30-31,37H,1-3,8-9,14-22H2,(H,39,43);1H/t30-,31+;/m0./s1. The number of halogens is 2. The molecular weight excluding hydrogens is 595 g/mol. The van der Waals surface area contributed by atoms with E-state index in [0.29, 0.717) is 30.3 Å². The van der Waals surface area contributed by atoms with Crippen LogP contribution in [-0.2, 0) is 35.5 Å². The third kappa shape index (κ3) is 7.82. The van der Waals surface area contributed by atoms with Crippen LogP contribution in [0.15, 0.2) is 61.2 Å². The summed E-state index contributed by atoms with van der Waals surface area (Å²) >= 11 is 6.14. The van der Waals surface area contributed by atoms with Crippen LogP contribution < -0.4 is 10.6 Å². The average molecular weight is 640 g/mol. The molecule has 2 N–H and O–H groups in total. The number of amides is 2. The molecule has 3 aromatic rings. The van der Waals surface area contributed by atoms with Crippen LogP contribution in [0.25, 0.3) is 0 Å². The predicted molar refractivity (Wildman–Crippen MR) is 175 cm³/mol. The number of carbonyl (C=O) groups excluding carboxylic acids is 2. The minimum atomic E-state index is -0.319. The van der Waals surface area contributed by atoms with Gasteiger partial charge in [0.1, 0.15) is 12.7 Å². The van der Waals surface area contributed by atoms with E-state index in [2.05, 4.69) is 32.8 Å². The summed E-state index contributed by atoms with van der Waals surface area (Å²) in [6.45, 7) is 3.02. The van der Waals surface area contributed by atoms with Crippen molar-refractivity contribution < 1.29 is 9.59 Å². The summed E-state index contributed by atoms with van der Waals surface area (Å²) < 4.78 is 1.99. The van der Waals surface area contributed by atoms with Crippen molar-refractivity contribution in [3.63, 3.8) is 0 Å². The van der Waals surface area contributed by atoms with E-state index in [1.54, 1.807) is 6.33 Å². The molecule has 8 nitrogen and oxygen atoms in total. The van der Waals surface area contributed by atoms with Gasteiger partial charge in [-0.2, -0.15) is 5.10 Å². The number of likely N-dealkylation sites (tertiary alicyclic amines) is 1. The monoisotopic (exact) mass is 638 g/mol. The molecule has 2 aliphatic heterocycles. The SMILES string of the molecule is Cl.O=C(N[C@H](CC(=O)N1CCC(Cn2cncn2)(C2CCCCC2)CC1)Cc1ccc(Cl)cc1)[C@H]1Cc2ccccc2CN1. The Bertz CT molecular complexity index is 1370. The first kappa shape index (κ1) is 32.5. The molecule has 3 aliphatic rings. The van der Waals surface area contributed by atoms with E-state index in [-0.39, 0.29) is 48.1 Å². The summed E-state index contributed by atoms with van der Waals surface area (Å²) in [7, 11) is 0. The second-order valence-corrected chi connectivity index (χ2v) is 13.3. The highest BCUT2D eigenvalue weighted by molar-refractivity contribution is 6.30. The highest BCUT2D eigenvalue weighted by Gasteiger charge is 2.43. The highest BCUT2D eigenvalue weighted by Crippen LogP contribution is 2.47. The van der Waals surface area contributed by atoms with E-state index in [0.717, 1.165) is 38.0 Å². The van der Waals surface area contributed by atoms with Gasteiger partial charge >= 0.3 is 0 Å². The zero-order valence-electron chi connectivity index (χ0n) is 25.3. The lowest BCUT2D eigenvalue weighted by molar-refractivity contribution is -0.135. The maximum Gasteiger partial charge on any atom is 0.237 e. The maximum absolute atomic E-state index is 13.8. The van der Waals surface area contributed by atoms with Crippen molar-refractivity contribution in [1.29, 1.82) is 0 Å². The first-order chi connectivity index (χ1) is 21.0. The highest BCUT2D eigenvalue weighted by atomic mass is 35.5. The minimum absolute atomic E-state index is 0. The average Bonchev–Trinajstić information content (AvgIpc) is 3.55. The molecule has 0 radical (unpaired) electrons. The van der Waals surface area contributed by atoms with Crippen LogP contribution in [-0.4, -0.2) is 56.7 Å². The molecule has 3 heterocycles. The normalized spacial score (nSPS) is 20.7. The second-order valence-electron chi connectivity index (χ2n) is 12.8. The molecule has 0 spiro atoms. The molecule has 1 aliphatic carbocycles. The van der Waals surface area contributed by atoms with Crippen molar-refractivity contribution in [2.75, 3.05) is 13.1 Å². The molecule has 44 heavy (non-hydrogen) atoms. The van der Waals surface area contributed by atoms with Crippen LogP contribution in [0.4, 0.5) is 0 Å². The quantitative estimate of drug-likeness (QED) is 0.329. The summed E-state index contributed by atoms with van der Waals surface area (Å²) in [5.74, 6) is 0.719. The molecule has 2 fully saturated rings. The molecular formula is C34H44Cl2N6O2. The fourth-order valence-corrected chi connectivity index (χ4v) is 7.74. The number of nitrogens with zero attached hydrogens (tertiary/aromatic N) is 4. The molecule has 1 aromatic heterocycles. The third-order valence-corrected chi connectivity index (χ3v) is 10.3. The predicted octanol–water partition coefficient (Wildman–Crippen LogP) is 5.37. The van der Waals surface area contributed by atoms with Crippen LogP contribution >= 0.6 is 24.0 Å². The lowest BCUT2D eigenvalue weighted by atomic mass is 9.63. The summed E-state index contributed by atoms with van der Waals surface area (Å²) in [6, 6.07) is 15.3. The molecule has 1 saturated heterocycles. The van der Waals surface area contributed by atoms with Crippen molar-refractivity contribution in [1.82, 2.24) is 30.3 Å². The van der Waals surface area contributed by atoms with E-state index in [1.807, 2.05) is 52.3 Å². The number of hydrogen-bond donors (Lipinski definition) is 2. The number of carbonyl (C=O) groups is 2. The summed E-state index contributed by atoms with van der Waals surface area (Å²) in [4.78, 5) is 33.5. The van der Waals surface area contributed by atoms with E-state index in [9.17, 15) is 9.59 Å². The van der Waals surface area contributed by atoms with Crippen LogP contribution in [0.3, 0.4) is 0 Å². The largest absolute Gasteiger partial charge is 0.351 e. The van der Waals surface area contributed by atoms with Crippen LogP contribution in [0.5, 0.6) is 0 Å². The number of rotatable bonds is 9. The molecule has 1 saturated carbocycles. The fourth-order valence-electron chi connectivity index (χ4n) is 7.61.